The smallest absolute Gasteiger partial charge is 0.394 e. The van der Waals surface area contributed by atoms with Gasteiger partial charge in [0, 0.05) is 7.05 Å². The number of amides is 2. The number of carbonyl (C=O) groups excluding carboxylic acids is 2. The Balaban J connectivity index is 1.65. The Bertz CT molecular complexity index is 1240. The summed E-state index contributed by atoms with van der Waals surface area (Å²) in [5.41, 5.74) is -0.903. The minimum Gasteiger partial charge on any atom is -0.394 e. The highest BCUT2D eigenvalue weighted by molar-refractivity contribution is 7.99. The van der Waals surface area contributed by atoms with Crippen LogP contribution in [0.25, 0.3) is 0 Å². The van der Waals surface area contributed by atoms with Gasteiger partial charge in [-0.15, -0.1) is 10.2 Å². The third-order valence-electron chi connectivity index (χ3n) is 4.69. The number of halogens is 5. The molecule has 14 heteroatoms. The van der Waals surface area contributed by atoms with Crippen LogP contribution in [0.4, 0.5) is 18.9 Å². The van der Waals surface area contributed by atoms with Gasteiger partial charge in [0.15, 0.2) is 11.0 Å². The molecule has 0 unspecified atom stereocenters. The molecule has 3 N–H and O–H groups in total. The highest BCUT2D eigenvalue weighted by Crippen LogP contribution is 2.34. The quantitative estimate of drug-likeness (QED) is 0.362. The van der Waals surface area contributed by atoms with Crippen molar-refractivity contribution in [2.75, 3.05) is 17.7 Å². The summed E-state index contributed by atoms with van der Waals surface area (Å²) in [4.78, 5) is 24.8. The summed E-state index contributed by atoms with van der Waals surface area (Å²) in [5.74, 6) is -1.14. The molecule has 0 radical (unpaired) electrons. The van der Waals surface area contributed by atoms with Crippen molar-refractivity contribution in [3.63, 3.8) is 0 Å². The fourth-order valence-electron chi connectivity index (χ4n) is 2.94. The Hall–Kier alpha value is -2.80. The number of alkyl halides is 3. The minimum atomic E-state index is -4.58. The Morgan fingerprint density at radius 2 is 1.86 bits per heavy atom. The number of aromatic nitrogens is 3. The summed E-state index contributed by atoms with van der Waals surface area (Å²) < 4.78 is 40.2. The van der Waals surface area contributed by atoms with Crippen LogP contribution >= 0.6 is 35.0 Å². The first-order valence-corrected chi connectivity index (χ1v) is 11.6. The van der Waals surface area contributed by atoms with E-state index in [9.17, 15) is 27.9 Å². The van der Waals surface area contributed by atoms with E-state index in [-0.39, 0.29) is 38.0 Å². The van der Waals surface area contributed by atoms with Crippen LogP contribution < -0.4 is 10.6 Å². The molecule has 8 nitrogen and oxygen atoms in total. The summed E-state index contributed by atoms with van der Waals surface area (Å²) in [5, 5.41) is 23.1. The van der Waals surface area contributed by atoms with Crippen molar-refractivity contribution in [1.29, 1.82) is 0 Å². The minimum absolute atomic E-state index is 0.0441. The average Bonchev–Trinajstić information content (AvgIpc) is 3.17. The molecular weight excluding hydrogens is 530 g/mol. The molecule has 0 bridgehead atoms. The first-order chi connectivity index (χ1) is 16.5. The maximum absolute atomic E-state index is 12.9. The van der Waals surface area contributed by atoms with Crippen LogP contribution in [0.2, 0.25) is 10.0 Å². The van der Waals surface area contributed by atoms with E-state index in [1.54, 1.807) is 25.2 Å². The predicted molar refractivity (Wildman–Crippen MR) is 126 cm³/mol. The summed E-state index contributed by atoms with van der Waals surface area (Å²) >= 11 is 12.9. The number of aliphatic hydroxyl groups excluding tert-OH is 1. The van der Waals surface area contributed by atoms with Gasteiger partial charge in [-0.05, 0) is 30.3 Å². The number of hydrogen-bond donors (Lipinski definition) is 3. The number of aliphatic hydroxyl groups is 1. The highest BCUT2D eigenvalue weighted by Gasteiger charge is 2.31. The molecule has 0 aliphatic rings. The van der Waals surface area contributed by atoms with Crippen molar-refractivity contribution in [2.45, 2.75) is 17.4 Å². The van der Waals surface area contributed by atoms with Crippen LogP contribution in [0, 0.1) is 0 Å². The number of thioether (sulfide) groups is 1. The van der Waals surface area contributed by atoms with Crippen molar-refractivity contribution in [3.8, 4) is 0 Å². The molecule has 1 aromatic heterocycles. The van der Waals surface area contributed by atoms with Crippen LogP contribution in [-0.4, -0.2) is 44.0 Å². The van der Waals surface area contributed by atoms with Crippen molar-refractivity contribution < 1.29 is 27.9 Å². The van der Waals surface area contributed by atoms with Crippen molar-refractivity contribution in [2.24, 2.45) is 7.05 Å². The van der Waals surface area contributed by atoms with Crippen LogP contribution in [0.3, 0.4) is 0 Å². The fraction of sp³-hybridized carbons (Fsp3) is 0.238. The predicted octanol–water partition coefficient (Wildman–Crippen LogP) is 4.33. The molecule has 0 saturated heterocycles. The van der Waals surface area contributed by atoms with Gasteiger partial charge in [-0.1, -0.05) is 47.1 Å². The third kappa shape index (κ3) is 6.66. The van der Waals surface area contributed by atoms with E-state index in [0.717, 1.165) is 30.0 Å². The van der Waals surface area contributed by atoms with Crippen LogP contribution in [0.15, 0.2) is 47.6 Å². The monoisotopic (exact) mass is 547 g/mol. The molecule has 1 heterocycles. The summed E-state index contributed by atoms with van der Waals surface area (Å²) in [6.45, 7) is -0.485. The lowest BCUT2D eigenvalue weighted by molar-refractivity contribution is -0.137. The Morgan fingerprint density at radius 3 is 2.51 bits per heavy atom. The Kier molecular flexibility index (Phi) is 8.65. The van der Waals surface area contributed by atoms with Gasteiger partial charge in [-0.2, -0.15) is 13.2 Å². The second-order valence-corrected chi connectivity index (χ2v) is 8.87. The van der Waals surface area contributed by atoms with Crippen molar-refractivity contribution >= 4 is 52.5 Å². The highest BCUT2D eigenvalue weighted by atomic mass is 35.5. The first-order valence-electron chi connectivity index (χ1n) is 9.86. The average molecular weight is 548 g/mol. The van der Waals surface area contributed by atoms with E-state index in [0.29, 0.717) is 0 Å². The number of anilines is 1. The van der Waals surface area contributed by atoms with Gasteiger partial charge in [0.1, 0.15) is 6.04 Å². The fourth-order valence-corrected chi connectivity index (χ4v) is 4.05. The molecule has 186 valence electrons. The molecule has 2 aromatic carbocycles. The summed E-state index contributed by atoms with van der Waals surface area (Å²) in [6, 6.07) is 8.10. The molecule has 3 rings (SSSR count). The lowest BCUT2D eigenvalue weighted by Crippen LogP contribution is -2.32. The number of hydrogen-bond acceptors (Lipinski definition) is 6. The topological polar surface area (TPSA) is 109 Å². The van der Waals surface area contributed by atoms with Gasteiger partial charge < -0.3 is 20.3 Å². The zero-order valence-corrected chi connectivity index (χ0v) is 20.3. The van der Waals surface area contributed by atoms with Gasteiger partial charge >= 0.3 is 6.18 Å². The summed E-state index contributed by atoms with van der Waals surface area (Å²) in [6.07, 6.45) is -4.58. The van der Waals surface area contributed by atoms with Gasteiger partial charge in [0.05, 0.1) is 39.2 Å². The van der Waals surface area contributed by atoms with E-state index >= 15 is 0 Å². The molecule has 35 heavy (non-hydrogen) atoms. The first kappa shape index (κ1) is 26.8. The van der Waals surface area contributed by atoms with E-state index in [1.165, 1.54) is 10.6 Å². The second-order valence-electron chi connectivity index (χ2n) is 7.12. The lowest BCUT2D eigenvalue weighted by atomic mass is 10.2. The maximum Gasteiger partial charge on any atom is 0.416 e. The molecule has 0 fully saturated rings. The number of nitrogens with zero attached hydrogens (tertiary/aromatic N) is 3. The van der Waals surface area contributed by atoms with Gasteiger partial charge in [-0.3, -0.25) is 9.59 Å². The lowest BCUT2D eigenvalue weighted by Gasteiger charge is -2.16. The number of benzene rings is 2. The number of nitrogens with one attached hydrogen (secondary N) is 2. The van der Waals surface area contributed by atoms with E-state index in [2.05, 4.69) is 20.8 Å². The van der Waals surface area contributed by atoms with Crippen molar-refractivity contribution in [3.05, 3.63) is 69.5 Å². The molecule has 2 amide bonds. The zero-order chi connectivity index (χ0) is 25.8. The van der Waals surface area contributed by atoms with E-state index in [1.807, 2.05) is 0 Å². The number of rotatable bonds is 8. The molecule has 0 spiro atoms. The normalized spacial score (nSPS) is 12.3. The zero-order valence-electron chi connectivity index (χ0n) is 17.9. The molecule has 0 aliphatic carbocycles. The largest absolute Gasteiger partial charge is 0.416 e. The Labute approximate surface area is 211 Å². The SMILES string of the molecule is Cn1c(SCC(=O)Nc2cc(C(F)(F)F)ccc2Cl)nnc1[C@H](CO)NC(=O)c1ccccc1Cl. The standard InChI is InChI=1S/C21H18Cl2F3N5O3S/c1-31-18(16(9-32)28-19(34)12-4-2-3-5-13(12)22)29-30-20(31)35-10-17(33)27-15-8-11(21(24,25)26)6-7-14(15)23/h2-8,16,32H,9-10H2,1H3,(H,27,33)(H,28,34)/t16-/m0/s1. The molecule has 3 aromatic rings. The molecular formula is C21H18Cl2F3N5O3S. The molecule has 1 atom stereocenters. The van der Waals surface area contributed by atoms with E-state index in [4.69, 9.17) is 23.2 Å². The van der Waals surface area contributed by atoms with Crippen LogP contribution in [-0.2, 0) is 18.0 Å². The molecule has 0 saturated carbocycles. The van der Waals surface area contributed by atoms with Crippen molar-refractivity contribution in [1.82, 2.24) is 20.1 Å². The molecule has 0 aliphatic heterocycles. The van der Waals surface area contributed by atoms with E-state index < -0.39 is 36.2 Å². The van der Waals surface area contributed by atoms with Gasteiger partial charge in [-0.25, -0.2) is 0 Å². The Morgan fingerprint density at radius 1 is 1.14 bits per heavy atom. The van der Waals surface area contributed by atoms with Gasteiger partial charge in [0.2, 0.25) is 5.91 Å². The number of carbonyl (C=O) groups is 2. The van der Waals surface area contributed by atoms with Crippen LogP contribution in [0.5, 0.6) is 0 Å². The summed E-state index contributed by atoms with van der Waals surface area (Å²) in [7, 11) is 1.57. The maximum atomic E-state index is 12.9. The second kappa shape index (κ2) is 11.3. The van der Waals surface area contributed by atoms with Crippen LogP contribution in [0.1, 0.15) is 27.8 Å². The third-order valence-corrected chi connectivity index (χ3v) is 6.37. The van der Waals surface area contributed by atoms with Gasteiger partial charge in [0.25, 0.3) is 5.91 Å².